The molecular formula is C36H26Cl2F10N4O4. The number of carbonyl (C=O) groups is 2. The molecule has 1 heterocycles. The number of esters is 1. The predicted octanol–water partition coefficient (Wildman–Crippen LogP) is 10.8. The summed E-state index contributed by atoms with van der Waals surface area (Å²) in [6, 6.07) is 13.2. The van der Waals surface area contributed by atoms with E-state index in [0.29, 0.717) is 4.68 Å². The third-order valence-electron chi connectivity index (χ3n) is 8.59. The Kier molecular flexibility index (Phi) is 10.9. The molecule has 1 aliphatic rings. The van der Waals surface area contributed by atoms with E-state index >= 15 is 0 Å². The molecule has 20 heteroatoms. The second kappa shape index (κ2) is 14.5. The molecule has 0 saturated heterocycles. The number of ether oxygens (including phenoxy) is 2. The van der Waals surface area contributed by atoms with E-state index in [9.17, 15) is 58.8 Å². The van der Waals surface area contributed by atoms with Crippen molar-refractivity contribution >= 4 is 35.1 Å². The first-order chi connectivity index (χ1) is 25.7. The zero-order valence-corrected chi connectivity index (χ0v) is 30.4. The van der Waals surface area contributed by atoms with Gasteiger partial charge < -0.3 is 9.47 Å². The third-order valence-corrected chi connectivity index (χ3v) is 9.21. The van der Waals surface area contributed by atoms with Crippen LogP contribution in [0.1, 0.15) is 59.9 Å². The highest BCUT2D eigenvalue weighted by Crippen LogP contribution is 2.55. The number of alkyl halides is 10. The topological polar surface area (TPSA) is 97.5 Å². The minimum atomic E-state index is -6.69. The molecule has 1 unspecified atom stereocenters. The van der Waals surface area contributed by atoms with Gasteiger partial charge in [-0.1, -0.05) is 68.2 Å². The Bertz CT molecular complexity index is 2170. The first-order valence-corrected chi connectivity index (χ1v) is 16.8. The number of rotatable bonds is 9. The number of nitriles is 1. The number of carbonyl (C=O) groups excluding carboxylic acids is 2. The van der Waals surface area contributed by atoms with Gasteiger partial charge in [0.25, 0.3) is 5.91 Å². The summed E-state index contributed by atoms with van der Waals surface area (Å²) in [5.74, 6) is -3.41. The van der Waals surface area contributed by atoms with Crippen LogP contribution in [0.15, 0.2) is 73.1 Å². The monoisotopic (exact) mass is 838 g/mol. The molecule has 4 aromatic rings. The first kappa shape index (κ1) is 42.1. The molecule has 1 saturated carbocycles. The normalized spacial score (nSPS) is 15.1. The second-order valence-electron chi connectivity index (χ2n) is 13.7. The van der Waals surface area contributed by atoms with Crippen molar-refractivity contribution in [2.45, 2.75) is 69.8 Å². The van der Waals surface area contributed by atoms with Crippen LogP contribution in [0.25, 0.3) is 16.8 Å². The van der Waals surface area contributed by atoms with Gasteiger partial charge in [-0.15, -0.1) is 13.2 Å². The van der Waals surface area contributed by atoms with Crippen molar-refractivity contribution in [1.29, 1.82) is 5.26 Å². The molecule has 3 aromatic carbocycles. The first-order valence-electron chi connectivity index (χ1n) is 16.0. The average molecular weight is 840 g/mol. The van der Waals surface area contributed by atoms with E-state index in [1.54, 1.807) is 39.0 Å². The molecule has 1 fully saturated rings. The molecule has 0 aliphatic heterocycles. The molecule has 1 amide bonds. The zero-order chi connectivity index (χ0) is 41.8. The molecule has 8 nitrogen and oxygen atoms in total. The highest BCUT2D eigenvalue weighted by atomic mass is 35.5. The lowest BCUT2D eigenvalue weighted by molar-refractivity contribution is -0.348. The van der Waals surface area contributed by atoms with Crippen LogP contribution in [0.5, 0.6) is 5.75 Å². The molecule has 298 valence electrons. The van der Waals surface area contributed by atoms with E-state index in [-0.39, 0.29) is 46.2 Å². The molecule has 1 atom stereocenters. The Labute approximate surface area is 321 Å². The molecule has 1 aromatic heterocycles. The number of halogens is 12. The van der Waals surface area contributed by atoms with Crippen molar-refractivity contribution in [3.63, 3.8) is 0 Å². The number of hydrogen-bond acceptors (Lipinski definition) is 6. The molecule has 0 radical (unpaired) electrons. The fourth-order valence-corrected chi connectivity index (χ4v) is 6.18. The lowest BCUT2D eigenvalue weighted by Crippen LogP contribution is -2.55. The van der Waals surface area contributed by atoms with E-state index < -0.39 is 81.5 Å². The van der Waals surface area contributed by atoms with Crippen molar-refractivity contribution in [2.75, 3.05) is 0 Å². The van der Waals surface area contributed by atoms with Gasteiger partial charge in [-0.2, -0.15) is 36.7 Å². The van der Waals surface area contributed by atoms with E-state index in [2.05, 4.69) is 15.9 Å². The van der Waals surface area contributed by atoms with Crippen LogP contribution in [0.4, 0.5) is 43.9 Å². The maximum Gasteiger partial charge on any atom is 0.573 e. The summed E-state index contributed by atoms with van der Waals surface area (Å²) in [6.07, 6.45) is -18.1. The van der Waals surface area contributed by atoms with Gasteiger partial charge in [0.2, 0.25) is 0 Å². The van der Waals surface area contributed by atoms with Crippen LogP contribution < -0.4 is 4.74 Å². The van der Waals surface area contributed by atoms with E-state index in [4.69, 9.17) is 27.9 Å². The molecule has 1 aliphatic carbocycles. The Morgan fingerprint density at radius 3 is 2.00 bits per heavy atom. The van der Waals surface area contributed by atoms with Crippen LogP contribution in [0, 0.1) is 16.7 Å². The predicted molar refractivity (Wildman–Crippen MR) is 179 cm³/mol. The Morgan fingerprint density at radius 1 is 0.875 bits per heavy atom. The van der Waals surface area contributed by atoms with Gasteiger partial charge in [0.1, 0.15) is 11.2 Å². The Morgan fingerprint density at radius 2 is 1.48 bits per heavy atom. The standard InChI is InChI=1S/C36H26Cl2F10N4O4/c1-31(2,3)30(55-29(54)19-7-5-4-6-8-19)52(32(18-49)11-12-32)28(53)23-13-20(9-10-24(23)37)21-16-50-51(17-21)27-25(38)14-22(15-26(27)56-36(46,47)48)33(39,34(40,41)42)35(43,44)45/h4-10,13-17,30H,11-12H2,1-3H3. The number of hydrogen-bond donors (Lipinski definition) is 0. The highest BCUT2D eigenvalue weighted by Gasteiger charge is 2.73. The molecule has 0 N–H and O–H groups in total. The number of nitrogens with zero attached hydrogens (tertiary/aromatic N) is 4. The van der Waals surface area contributed by atoms with Crippen LogP contribution in [-0.4, -0.2) is 57.0 Å². The van der Waals surface area contributed by atoms with Crippen LogP contribution in [0.2, 0.25) is 10.0 Å². The summed E-state index contributed by atoms with van der Waals surface area (Å²) in [5.41, 5.74) is -11.9. The fraction of sp³-hybridized carbons (Fsp3) is 0.333. The summed E-state index contributed by atoms with van der Waals surface area (Å²) in [5, 5.41) is 12.7. The molecule has 56 heavy (non-hydrogen) atoms. The van der Waals surface area contributed by atoms with Crippen molar-refractivity contribution < 1.29 is 63.0 Å². The Hall–Kier alpha value is -5.02. The van der Waals surface area contributed by atoms with E-state index in [1.807, 2.05) is 0 Å². The zero-order valence-electron chi connectivity index (χ0n) is 28.9. The van der Waals surface area contributed by atoms with Gasteiger partial charge in [0.05, 0.1) is 33.4 Å². The van der Waals surface area contributed by atoms with E-state index in [0.717, 1.165) is 17.3 Å². The summed E-state index contributed by atoms with van der Waals surface area (Å²) in [4.78, 5) is 28.8. The fourth-order valence-electron chi connectivity index (χ4n) is 5.69. The summed E-state index contributed by atoms with van der Waals surface area (Å²) >= 11 is 12.4. The number of amides is 1. The van der Waals surface area contributed by atoms with Gasteiger partial charge in [-0.25, -0.2) is 13.9 Å². The Balaban J connectivity index is 1.59. The lowest BCUT2D eigenvalue weighted by Gasteiger charge is -2.41. The summed E-state index contributed by atoms with van der Waals surface area (Å²) in [7, 11) is 0. The highest BCUT2D eigenvalue weighted by molar-refractivity contribution is 6.34. The summed E-state index contributed by atoms with van der Waals surface area (Å²) < 4.78 is 146. The van der Waals surface area contributed by atoms with Crippen molar-refractivity contribution in [1.82, 2.24) is 14.7 Å². The van der Waals surface area contributed by atoms with Crippen molar-refractivity contribution in [2.24, 2.45) is 5.41 Å². The molecule has 0 bridgehead atoms. The van der Waals surface area contributed by atoms with Gasteiger partial charge >= 0.3 is 30.4 Å². The molecule has 0 spiro atoms. The minimum Gasteiger partial charge on any atom is -0.437 e. The molecular weight excluding hydrogens is 813 g/mol. The number of benzene rings is 3. The SMILES string of the molecule is CC(C)(C)C(OC(=O)c1ccccc1)N(C(=O)c1cc(-c2cnn(-c3c(Cl)cc(C(F)(C(F)(F)F)C(F)(F)F)cc3OC(F)(F)F)c2)ccc1Cl)C1(C#N)CC1. The van der Waals surface area contributed by atoms with Gasteiger partial charge in [0, 0.05) is 22.7 Å². The second-order valence-corrected chi connectivity index (χ2v) is 14.5. The number of aromatic nitrogens is 2. The average Bonchev–Trinajstić information content (AvgIpc) is 3.72. The van der Waals surface area contributed by atoms with Gasteiger partial charge in [-0.05, 0) is 54.8 Å². The van der Waals surface area contributed by atoms with Gasteiger partial charge in [-0.3, -0.25) is 9.69 Å². The smallest absolute Gasteiger partial charge is 0.437 e. The maximum absolute atomic E-state index is 14.9. The summed E-state index contributed by atoms with van der Waals surface area (Å²) in [6.45, 7) is 5.01. The van der Waals surface area contributed by atoms with Crippen molar-refractivity contribution in [3.8, 4) is 28.6 Å². The van der Waals surface area contributed by atoms with Crippen LogP contribution in [0.3, 0.4) is 0 Å². The third kappa shape index (κ3) is 8.10. The van der Waals surface area contributed by atoms with E-state index in [1.165, 1.54) is 30.3 Å². The molecule has 5 rings (SSSR count). The lowest BCUT2D eigenvalue weighted by atomic mass is 9.91. The van der Waals surface area contributed by atoms with Gasteiger partial charge in [0.15, 0.2) is 12.0 Å². The van der Waals surface area contributed by atoms with Crippen LogP contribution >= 0.6 is 23.2 Å². The largest absolute Gasteiger partial charge is 0.573 e. The maximum atomic E-state index is 14.9. The van der Waals surface area contributed by atoms with Crippen molar-refractivity contribution in [3.05, 3.63) is 99.8 Å². The quantitative estimate of drug-likeness (QED) is 0.0946. The van der Waals surface area contributed by atoms with Crippen LogP contribution in [-0.2, 0) is 10.4 Å². The minimum absolute atomic E-state index is 0.0184.